The van der Waals surface area contributed by atoms with Crippen LogP contribution in [0.5, 0.6) is 0 Å². The van der Waals surface area contributed by atoms with Crippen molar-refractivity contribution < 1.29 is 5.11 Å². The number of nitrogens with zero attached hydrogens (tertiary/aromatic N) is 1. The molecule has 1 heterocycles. The van der Waals surface area contributed by atoms with Gasteiger partial charge in [0.25, 0.3) is 0 Å². The Kier molecular flexibility index (Phi) is 7.71. The van der Waals surface area contributed by atoms with Crippen LogP contribution in [0.25, 0.3) is 0 Å². The van der Waals surface area contributed by atoms with Crippen molar-refractivity contribution in [3.05, 3.63) is 142 Å². The van der Waals surface area contributed by atoms with Gasteiger partial charge in [0.1, 0.15) is 0 Å². The Morgan fingerprint density at radius 2 is 1.14 bits per heavy atom. The van der Waals surface area contributed by atoms with Crippen LogP contribution >= 0.6 is 15.9 Å². The molecule has 4 aromatic rings. The predicted molar refractivity (Wildman–Crippen MR) is 152 cm³/mol. The first-order valence-corrected chi connectivity index (χ1v) is 13.7. The molecule has 0 amide bonds. The summed E-state index contributed by atoms with van der Waals surface area (Å²) in [7, 11) is 0. The molecule has 1 saturated heterocycles. The zero-order valence-corrected chi connectivity index (χ0v) is 22.3. The zero-order chi connectivity index (χ0) is 24.8. The van der Waals surface area contributed by atoms with Gasteiger partial charge in [-0.05, 0) is 60.2 Å². The van der Waals surface area contributed by atoms with Crippen LogP contribution in [0.4, 0.5) is 0 Å². The fourth-order valence-electron chi connectivity index (χ4n) is 5.78. The molecule has 1 N–H and O–H groups in total. The maximum Gasteiger partial charge on any atom is 0.0712 e. The van der Waals surface area contributed by atoms with Gasteiger partial charge < -0.3 is 10.0 Å². The van der Waals surface area contributed by atoms with E-state index in [1.807, 2.05) is 6.07 Å². The maximum atomic E-state index is 11.3. The van der Waals surface area contributed by atoms with Crippen molar-refractivity contribution in [1.82, 2.24) is 4.90 Å². The number of likely N-dealkylation sites (tertiary alicyclic amines) is 1. The minimum atomic E-state index is -0.612. The molecule has 3 heteroatoms. The van der Waals surface area contributed by atoms with E-state index in [2.05, 4.69) is 130 Å². The van der Waals surface area contributed by atoms with E-state index < -0.39 is 5.60 Å². The third-order valence-corrected chi connectivity index (χ3v) is 8.36. The number of rotatable bonds is 8. The first-order valence-electron chi connectivity index (χ1n) is 12.9. The highest BCUT2D eigenvalue weighted by Gasteiger charge is 2.38. The summed E-state index contributed by atoms with van der Waals surface area (Å²) < 4.78 is 1.09. The molecular formula is C33H34BrNO. The summed E-state index contributed by atoms with van der Waals surface area (Å²) in [5.41, 5.74) is 4.30. The average molecular weight is 541 g/mol. The minimum absolute atomic E-state index is 0.249. The Hall–Kier alpha value is -2.72. The number of piperidine rings is 1. The van der Waals surface area contributed by atoms with Gasteiger partial charge in [0, 0.05) is 29.4 Å². The van der Waals surface area contributed by atoms with E-state index in [0.29, 0.717) is 0 Å². The SMILES string of the molecule is OC1(Cc2ccccc2)CCN(CCC(c2ccccc2)(c2ccccc2)c2ccc(Br)cc2)CC1. The molecule has 0 bridgehead atoms. The van der Waals surface area contributed by atoms with Crippen molar-refractivity contribution >= 4 is 15.9 Å². The summed E-state index contributed by atoms with van der Waals surface area (Å²) in [6.07, 6.45) is 3.33. The summed E-state index contributed by atoms with van der Waals surface area (Å²) in [5.74, 6) is 0. The highest BCUT2D eigenvalue weighted by molar-refractivity contribution is 9.10. The van der Waals surface area contributed by atoms with Gasteiger partial charge >= 0.3 is 0 Å². The molecule has 1 fully saturated rings. The third kappa shape index (κ3) is 5.49. The molecule has 0 aromatic heterocycles. The highest BCUT2D eigenvalue weighted by atomic mass is 79.9. The Labute approximate surface area is 223 Å². The third-order valence-electron chi connectivity index (χ3n) is 7.84. The quantitative estimate of drug-likeness (QED) is 0.238. The van der Waals surface area contributed by atoms with Gasteiger partial charge in [-0.25, -0.2) is 0 Å². The molecule has 4 aromatic carbocycles. The lowest BCUT2D eigenvalue weighted by atomic mass is 9.67. The van der Waals surface area contributed by atoms with E-state index in [0.717, 1.165) is 49.8 Å². The van der Waals surface area contributed by atoms with Gasteiger partial charge in [0.2, 0.25) is 0 Å². The number of aliphatic hydroxyl groups is 1. The topological polar surface area (TPSA) is 23.5 Å². The van der Waals surface area contributed by atoms with Gasteiger partial charge in [0.05, 0.1) is 5.60 Å². The zero-order valence-electron chi connectivity index (χ0n) is 20.7. The van der Waals surface area contributed by atoms with Crippen molar-refractivity contribution in [3.63, 3.8) is 0 Å². The van der Waals surface area contributed by atoms with Crippen molar-refractivity contribution in [2.75, 3.05) is 19.6 Å². The summed E-state index contributed by atoms with van der Waals surface area (Å²) in [4.78, 5) is 2.54. The number of halogens is 1. The second-order valence-electron chi connectivity index (χ2n) is 10.1. The van der Waals surface area contributed by atoms with E-state index in [4.69, 9.17) is 0 Å². The van der Waals surface area contributed by atoms with E-state index in [1.54, 1.807) is 0 Å². The lowest BCUT2D eigenvalue weighted by Crippen LogP contribution is -2.47. The first-order chi connectivity index (χ1) is 17.6. The lowest BCUT2D eigenvalue weighted by Gasteiger charge is -2.41. The van der Waals surface area contributed by atoms with Gasteiger partial charge in [-0.3, -0.25) is 0 Å². The van der Waals surface area contributed by atoms with Gasteiger partial charge in [-0.15, -0.1) is 0 Å². The predicted octanol–water partition coefficient (Wildman–Crippen LogP) is 7.24. The van der Waals surface area contributed by atoms with E-state index in [9.17, 15) is 5.11 Å². The Balaban J connectivity index is 1.40. The molecule has 1 aliphatic heterocycles. The van der Waals surface area contributed by atoms with Crippen LogP contribution in [0.1, 0.15) is 41.5 Å². The second kappa shape index (κ2) is 11.1. The van der Waals surface area contributed by atoms with Crippen molar-refractivity contribution in [2.24, 2.45) is 0 Å². The molecule has 0 atom stereocenters. The van der Waals surface area contributed by atoms with Crippen LogP contribution in [0.15, 0.2) is 120 Å². The first kappa shape index (κ1) is 25.0. The van der Waals surface area contributed by atoms with Gasteiger partial charge in [-0.2, -0.15) is 0 Å². The Bertz CT molecular complexity index is 1180. The number of hydrogen-bond acceptors (Lipinski definition) is 2. The number of benzene rings is 4. The fraction of sp³-hybridized carbons (Fsp3) is 0.273. The van der Waals surface area contributed by atoms with E-state index in [-0.39, 0.29) is 5.41 Å². The highest BCUT2D eigenvalue weighted by Crippen LogP contribution is 2.43. The van der Waals surface area contributed by atoms with Crippen molar-refractivity contribution in [3.8, 4) is 0 Å². The monoisotopic (exact) mass is 539 g/mol. The van der Waals surface area contributed by atoms with Crippen LogP contribution < -0.4 is 0 Å². The van der Waals surface area contributed by atoms with Gasteiger partial charge in [-0.1, -0.05) is 119 Å². The Morgan fingerprint density at radius 1 is 0.667 bits per heavy atom. The minimum Gasteiger partial charge on any atom is -0.389 e. The van der Waals surface area contributed by atoms with Crippen molar-refractivity contribution in [1.29, 1.82) is 0 Å². The molecule has 36 heavy (non-hydrogen) atoms. The smallest absolute Gasteiger partial charge is 0.0712 e. The summed E-state index contributed by atoms with van der Waals surface area (Å²) in [6, 6.07) is 41.1. The van der Waals surface area contributed by atoms with Gasteiger partial charge in [0.15, 0.2) is 0 Å². The molecule has 1 aliphatic rings. The van der Waals surface area contributed by atoms with E-state index >= 15 is 0 Å². The fourth-order valence-corrected chi connectivity index (χ4v) is 6.05. The van der Waals surface area contributed by atoms with Crippen LogP contribution in [-0.2, 0) is 11.8 Å². The standard InChI is InChI=1S/C33H34BrNO/c34-31-18-16-30(17-19-31)33(28-12-6-2-7-13-28,29-14-8-3-9-15-29)22-25-35-23-20-32(36,21-24-35)26-27-10-4-1-5-11-27/h1-19,36H,20-26H2. The van der Waals surface area contributed by atoms with Crippen LogP contribution in [0.2, 0.25) is 0 Å². The van der Waals surface area contributed by atoms with Crippen molar-refractivity contribution in [2.45, 2.75) is 36.7 Å². The second-order valence-corrected chi connectivity index (χ2v) is 11.0. The molecule has 0 saturated carbocycles. The summed E-state index contributed by atoms with van der Waals surface area (Å²) in [5, 5.41) is 11.3. The van der Waals surface area contributed by atoms with E-state index in [1.165, 1.54) is 22.3 Å². The lowest BCUT2D eigenvalue weighted by molar-refractivity contribution is -0.0213. The maximum absolute atomic E-state index is 11.3. The van der Waals surface area contributed by atoms with Crippen LogP contribution in [-0.4, -0.2) is 35.2 Å². The van der Waals surface area contributed by atoms with Crippen LogP contribution in [0, 0.1) is 0 Å². The van der Waals surface area contributed by atoms with Crippen LogP contribution in [0.3, 0.4) is 0 Å². The molecule has 0 aliphatic carbocycles. The molecule has 0 unspecified atom stereocenters. The molecule has 0 radical (unpaired) electrons. The molecule has 184 valence electrons. The molecular weight excluding hydrogens is 506 g/mol. The molecule has 2 nitrogen and oxygen atoms in total. The summed E-state index contributed by atoms with van der Waals surface area (Å²) >= 11 is 3.63. The normalized spacial score (nSPS) is 16.1. The number of hydrogen-bond donors (Lipinski definition) is 1. The average Bonchev–Trinajstić information content (AvgIpc) is 2.93. The largest absolute Gasteiger partial charge is 0.389 e. The molecule has 0 spiro atoms. The Morgan fingerprint density at radius 3 is 1.67 bits per heavy atom. The summed E-state index contributed by atoms with van der Waals surface area (Å²) in [6.45, 7) is 2.81. The molecule has 5 rings (SSSR count).